The standard InChI is InChI=1S/C16H15ClF3N/c1-2-21-16(7-10-4-3-5-11(18)6-10)12-8-14(19)15(20)9-13(12)17/h3-6,8-9,16,21H,2,7H2,1H3. The fourth-order valence-electron chi connectivity index (χ4n) is 2.24. The van der Waals surface area contributed by atoms with Crippen molar-refractivity contribution < 1.29 is 13.2 Å². The van der Waals surface area contributed by atoms with Crippen LogP contribution in [0.5, 0.6) is 0 Å². The van der Waals surface area contributed by atoms with Crippen molar-refractivity contribution in [3.63, 3.8) is 0 Å². The van der Waals surface area contributed by atoms with Crippen molar-refractivity contribution in [2.45, 2.75) is 19.4 Å². The zero-order valence-corrected chi connectivity index (χ0v) is 12.2. The molecule has 0 aliphatic carbocycles. The van der Waals surface area contributed by atoms with Gasteiger partial charge in [-0.15, -0.1) is 0 Å². The summed E-state index contributed by atoms with van der Waals surface area (Å²) in [6.07, 6.45) is 0.427. The van der Waals surface area contributed by atoms with Crippen molar-refractivity contribution >= 4 is 11.6 Å². The second-order valence-corrected chi connectivity index (χ2v) is 5.14. The Morgan fingerprint density at radius 2 is 1.81 bits per heavy atom. The van der Waals surface area contributed by atoms with Gasteiger partial charge < -0.3 is 5.32 Å². The monoisotopic (exact) mass is 313 g/mol. The molecule has 0 spiro atoms. The quantitative estimate of drug-likeness (QED) is 0.792. The van der Waals surface area contributed by atoms with Crippen LogP contribution in [0.4, 0.5) is 13.2 Å². The SMILES string of the molecule is CCNC(Cc1cccc(F)c1)c1cc(F)c(F)cc1Cl. The second-order valence-electron chi connectivity index (χ2n) is 4.73. The van der Waals surface area contributed by atoms with Crippen molar-refractivity contribution in [2.24, 2.45) is 0 Å². The third kappa shape index (κ3) is 3.99. The minimum Gasteiger partial charge on any atom is -0.310 e. The Labute approximate surface area is 126 Å². The van der Waals surface area contributed by atoms with E-state index >= 15 is 0 Å². The van der Waals surface area contributed by atoms with E-state index in [-0.39, 0.29) is 16.9 Å². The molecule has 0 aliphatic heterocycles. The van der Waals surface area contributed by atoms with Crippen molar-refractivity contribution in [3.05, 3.63) is 70.0 Å². The molecule has 0 heterocycles. The fourth-order valence-corrected chi connectivity index (χ4v) is 2.53. The van der Waals surface area contributed by atoms with E-state index in [1.165, 1.54) is 12.1 Å². The van der Waals surface area contributed by atoms with Crippen LogP contribution in [0.2, 0.25) is 5.02 Å². The molecule has 5 heteroatoms. The van der Waals surface area contributed by atoms with E-state index in [4.69, 9.17) is 11.6 Å². The third-order valence-electron chi connectivity index (χ3n) is 3.19. The molecule has 0 bridgehead atoms. The molecule has 1 nitrogen and oxygen atoms in total. The first-order valence-electron chi connectivity index (χ1n) is 6.63. The highest BCUT2D eigenvalue weighted by atomic mass is 35.5. The molecule has 0 aromatic heterocycles. The highest BCUT2D eigenvalue weighted by Crippen LogP contribution is 2.28. The van der Waals surface area contributed by atoms with Crippen LogP contribution in [-0.2, 0) is 6.42 Å². The van der Waals surface area contributed by atoms with Crippen LogP contribution in [0.3, 0.4) is 0 Å². The summed E-state index contributed by atoms with van der Waals surface area (Å²) in [4.78, 5) is 0. The minimum absolute atomic E-state index is 0.149. The lowest BCUT2D eigenvalue weighted by atomic mass is 9.98. The van der Waals surface area contributed by atoms with Gasteiger partial charge >= 0.3 is 0 Å². The summed E-state index contributed by atoms with van der Waals surface area (Å²) in [5.41, 5.74) is 1.21. The molecule has 2 aromatic carbocycles. The van der Waals surface area contributed by atoms with E-state index < -0.39 is 11.6 Å². The second kappa shape index (κ2) is 6.96. The van der Waals surface area contributed by atoms with Gasteiger partial charge in [0.25, 0.3) is 0 Å². The number of rotatable bonds is 5. The van der Waals surface area contributed by atoms with Crippen molar-refractivity contribution in [1.82, 2.24) is 5.32 Å². The molecule has 0 saturated carbocycles. The van der Waals surface area contributed by atoms with Gasteiger partial charge in [0.2, 0.25) is 0 Å². The van der Waals surface area contributed by atoms with Gasteiger partial charge in [0.05, 0.1) is 0 Å². The normalized spacial score (nSPS) is 12.4. The highest BCUT2D eigenvalue weighted by Gasteiger charge is 2.18. The predicted molar refractivity (Wildman–Crippen MR) is 77.9 cm³/mol. The van der Waals surface area contributed by atoms with E-state index in [0.29, 0.717) is 18.5 Å². The van der Waals surface area contributed by atoms with Gasteiger partial charge in [-0.1, -0.05) is 30.7 Å². The Hall–Kier alpha value is -1.52. The first-order chi connectivity index (χ1) is 10.0. The van der Waals surface area contributed by atoms with Gasteiger partial charge in [0.1, 0.15) is 5.82 Å². The molecular weight excluding hydrogens is 299 g/mol. The topological polar surface area (TPSA) is 12.0 Å². The molecule has 1 N–H and O–H groups in total. The maximum absolute atomic E-state index is 13.4. The maximum atomic E-state index is 13.4. The Kier molecular flexibility index (Phi) is 5.26. The molecule has 0 fully saturated rings. The molecule has 0 saturated heterocycles. The first-order valence-corrected chi connectivity index (χ1v) is 7.01. The van der Waals surface area contributed by atoms with Crippen LogP contribution < -0.4 is 5.32 Å². The van der Waals surface area contributed by atoms with E-state index in [2.05, 4.69) is 5.32 Å². The highest BCUT2D eigenvalue weighted by molar-refractivity contribution is 6.31. The summed E-state index contributed by atoms with van der Waals surface area (Å²) >= 11 is 6.01. The molecule has 0 amide bonds. The van der Waals surface area contributed by atoms with E-state index in [1.54, 1.807) is 12.1 Å². The summed E-state index contributed by atoms with van der Waals surface area (Å²) in [5.74, 6) is -2.26. The van der Waals surface area contributed by atoms with Crippen LogP contribution in [0.1, 0.15) is 24.1 Å². The van der Waals surface area contributed by atoms with Crippen LogP contribution >= 0.6 is 11.6 Å². The lowest BCUT2D eigenvalue weighted by Gasteiger charge is -2.20. The van der Waals surface area contributed by atoms with Gasteiger partial charge in [-0.25, -0.2) is 13.2 Å². The van der Waals surface area contributed by atoms with Gasteiger partial charge in [0.15, 0.2) is 11.6 Å². The third-order valence-corrected chi connectivity index (χ3v) is 3.52. The van der Waals surface area contributed by atoms with Crippen LogP contribution in [0.15, 0.2) is 36.4 Å². The first kappa shape index (κ1) is 15.9. The number of nitrogens with one attached hydrogen (secondary N) is 1. The summed E-state index contributed by atoms with van der Waals surface area (Å²) < 4.78 is 39.8. The molecule has 2 rings (SSSR count). The minimum atomic E-state index is -0.982. The molecule has 21 heavy (non-hydrogen) atoms. The molecule has 112 valence electrons. The van der Waals surface area contributed by atoms with E-state index in [9.17, 15) is 13.2 Å². The Balaban J connectivity index is 2.33. The van der Waals surface area contributed by atoms with Gasteiger partial charge in [-0.2, -0.15) is 0 Å². The summed E-state index contributed by atoms with van der Waals surface area (Å²) in [5, 5.41) is 3.31. The molecule has 0 aliphatic rings. The number of likely N-dealkylation sites (N-methyl/N-ethyl adjacent to an activating group) is 1. The molecular formula is C16H15ClF3N. The smallest absolute Gasteiger partial charge is 0.160 e. The number of hydrogen-bond donors (Lipinski definition) is 1. The predicted octanol–water partition coefficient (Wildman–Crippen LogP) is 4.65. The molecule has 1 atom stereocenters. The lowest BCUT2D eigenvalue weighted by molar-refractivity contribution is 0.497. The Morgan fingerprint density at radius 1 is 1.10 bits per heavy atom. The number of benzene rings is 2. The molecule has 2 aromatic rings. The van der Waals surface area contributed by atoms with Crippen molar-refractivity contribution in [3.8, 4) is 0 Å². The van der Waals surface area contributed by atoms with Crippen LogP contribution in [0.25, 0.3) is 0 Å². The van der Waals surface area contributed by atoms with Crippen LogP contribution in [0, 0.1) is 17.5 Å². The lowest BCUT2D eigenvalue weighted by Crippen LogP contribution is -2.23. The van der Waals surface area contributed by atoms with E-state index in [1.807, 2.05) is 6.92 Å². The zero-order valence-electron chi connectivity index (χ0n) is 11.5. The fraction of sp³-hybridized carbons (Fsp3) is 0.250. The average molecular weight is 314 g/mol. The Morgan fingerprint density at radius 3 is 2.48 bits per heavy atom. The average Bonchev–Trinajstić information content (AvgIpc) is 2.42. The largest absolute Gasteiger partial charge is 0.310 e. The number of halogens is 4. The molecule has 0 radical (unpaired) electrons. The maximum Gasteiger partial charge on any atom is 0.160 e. The van der Waals surface area contributed by atoms with Crippen molar-refractivity contribution in [2.75, 3.05) is 6.54 Å². The van der Waals surface area contributed by atoms with E-state index in [0.717, 1.165) is 17.7 Å². The molecule has 1 unspecified atom stereocenters. The number of hydrogen-bond acceptors (Lipinski definition) is 1. The van der Waals surface area contributed by atoms with Crippen molar-refractivity contribution in [1.29, 1.82) is 0 Å². The Bertz CT molecular complexity index is 631. The van der Waals surface area contributed by atoms with Gasteiger partial charge in [-0.3, -0.25) is 0 Å². The van der Waals surface area contributed by atoms with Gasteiger partial charge in [-0.05, 0) is 48.4 Å². The van der Waals surface area contributed by atoms with Crippen LogP contribution in [-0.4, -0.2) is 6.54 Å². The summed E-state index contributed by atoms with van der Waals surface area (Å²) in [6, 6.07) is 7.89. The summed E-state index contributed by atoms with van der Waals surface area (Å²) in [7, 11) is 0. The van der Waals surface area contributed by atoms with Gasteiger partial charge in [0, 0.05) is 11.1 Å². The summed E-state index contributed by atoms with van der Waals surface area (Å²) in [6.45, 7) is 2.52. The zero-order chi connectivity index (χ0) is 15.4.